The fourth-order valence-corrected chi connectivity index (χ4v) is 4.45. The maximum absolute atomic E-state index is 13.4. The van der Waals surface area contributed by atoms with Crippen LogP contribution < -0.4 is 10.6 Å². The summed E-state index contributed by atoms with van der Waals surface area (Å²) in [4.78, 5) is 28.4. The van der Waals surface area contributed by atoms with E-state index in [1.807, 2.05) is 32.8 Å². The summed E-state index contributed by atoms with van der Waals surface area (Å²) in [6.45, 7) is 5.23. The zero-order chi connectivity index (χ0) is 18.9. The Bertz CT molecular complexity index is 697. The molecule has 0 aromatic carbocycles. The normalized spacial score (nSPS) is 21.6. The molecule has 1 saturated carbocycles. The molecule has 2 heterocycles. The molecule has 1 aliphatic carbocycles. The van der Waals surface area contributed by atoms with Crippen LogP contribution in [-0.4, -0.2) is 58.2 Å². The number of likely N-dealkylation sites (tertiary alicyclic amines) is 1. The van der Waals surface area contributed by atoms with Crippen molar-refractivity contribution in [2.45, 2.75) is 64.0 Å². The van der Waals surface area contributed by atoms with Crippen molar-refractivity contribution in [1.82, 2.24) is 25.3 Å². The van der Waals surface area contributed by atoms with Crippen molar-refractivity contribution < 1.29 is 9.59 Å². The van der Waals surface area contributed by atoms with Crippen LogP contribution >= 0.6 is 12.4 Å². The van der Waals surface area contributed by atoms with Gasteiger partial charge in [-0.1, -0.05) is 12.8 Å². The Kier molecular flexibility index (Phi) is 6.92. The number of nitrogens with zero attached hydrogens (tertiary/aromatic N) is 3. The number of hydrogen-bond acceptors (Lipinski definition) is 4. The largest absolute Gasteiger partial charge is 0.339 e. The first-order valence-electron chi connectivity index (χ1n) is 9.67. The molecule has 1 aliphatic heterocycles. The van der Waals surface area contributed by atoms with E-state index in [2.05, 4.69) is 15.7 Å². The van der Waals surface area contributed by atoms with E-state index in [-0.39, 0.29) is 24.2 Å². The summed E-state index contributed by atoms with van der Waals surface area (Å²) in [7, 11) is 3.78. The van der Waals surface area contributed by atoms with Gasteiger partial charge in [-0.05, 0) is 46.6 Å². The van der Waals surface area contributed by atoms with Gasteiger partial charge >= 0.3 is 0 Å². The first kappa shape index (κ1) is 21.7. The van der Waals surface area contributed by atoms with Gasteiger partial charge in [-0.2, -0.15) is 5.10 Å². The standard InChI is InChI=1S/C19H31N5O2.ClH/c1-13-16(14(2)23(4)22-13)17(25)21-19(9-5-6-10-19)18(26)24-11-7-8-15(12-24)20-3;/h15,20H,5-12H2,1-4H3,(H,21,25);1H. The number of rotatable bonds is 4. The van der Waals surface area contributed by atoms with Gasteiger partial charge in [0.05, 0.1) is 11.3 Å². The highest BCUT2D eigenvalue weighted by Crippen LogP contribution is 2.33. The Hall–Kier alpha value is -1.60. The average molecular weight is 398 g/mol. The number of piperidine rings is 1. The van der Waals surface area contributed by atoms with Crippen LogP contribution in [0, 0.1) is 13.8 Å². The number of likely N-dealkylation sites (N-methyl/N-ethyl adjacent to an activating group) is 1. The van der Waals surface area contributed by atoms with Gasteiger partial charge in [0.1, 0.15) is 5.54 Å². The van der Waals surface area contributed by atoms with E-state index in [1.165, 1.54) is 0 Å². The fraction of sp³-hybridized carbons (Fsp3) is 0.737. The molecule has 1 aromatic heterocycles. The molecule has 2 fully saturated rings. The third-order valence-electron chi connectivity index (χ3n) is 6.07. The predicted molar refractivity (Wildman–Crippen MR) is 107 cm³/mol. The number of aromatic nitrogens is 2. The fourth-order valence-electron chi connectivity index (χ4n) is 4.45. The van der Waals surface area contributed by atoms with Gasteiger partial charge in [-0.3, -0.25) is 14.3 Å². The lowest BCUT2D eigenvalue weighted by Gasteiger charge is -2.39. The van der Waals surface area contributed by atoms with E-state index < -0.39 is 5.54 Å². The van der Waals surface area contributed by atoms with Gasteiger partial charge < -0.3 is 15.5 Å². The van der Waals surface area contributed by atoms with E-state index in [1.54, 1.807) is 4.68 Å². The van der Waals surface area contributed by atoms with Crippen molar-refractivity contribution in [3.63, 3.8) is 0 Å². The first-order valence-corrected chi connectivity index (χ1v) is 9.67. The Balaban J connectivity index is 0.00000261. The second-order valence-electron chi connectivity index (χ2n) is 7.79. The number of aryl methyl sites for hydroxylation is 2. The number of nitrogens with one attached hydrogen (secondary N) is 2. The number of hydrogen-bond donors (Lipinski definition) is 2. The van der Waals surface area contributed by atoms with Crippen LogP contribution in [0.1, 0.15) is 60.3 Å². The summed E-state index contributed by atoms with van der Waals surface area (Å²) in [5.41, 5.74) is 1.37. The van der Waals surface area contributed by atoms with Crippen LogP contribution in [0.4, 0.5) is 0 Å². The summed E-state index contributed by atoms with van der Waals surface area (Å²) in [5, 5.41) is 10.8. The number of halogens is 1. The molecule has 2 aliphatic rings. The monoisotopic (exact) mass is 397 g/mol. The molecule has 1 aromatic rings. The van der Waals surface area contributed by atoms with Crippen molar-refractivity contribution in [2.24, 2.45) is 7.05 Å². The highest BCUT2D eigenvalue weighted by molar-refractivity contribution is 6.01. The van der Waals surface area contributed by atoms with Crippen LogP contribution in [-0.2, 0) is 11.8 Å². The molecule has 152 valence electrons. The molecule has 3 rings (SSSR count). The highest BCUT2D eigenvalue weighted by atomic mass is 35.5. The molecule has 0 radical (unpaired) electrons. The van der Waals surface area contributed by atoms with Crippen molar-refractivity contribution in [3.05, 3.63) is 17.0 Å². The molecule has 2 N–H and O–H groups in total. The van der Waals surface area contributed by atoms with Gasteiger partial charge in [0.15, 0.2) is 0 Å². The molecule has 0 bridgehead atoms. The molecule has 1 saturated heterocycles. The summed E-state index contributed by atoms with van der Waals surface area (Å²) >= 11 is 0. The zero-order valence-corrected chi connectivity index (χ0v) is 17.6. The number of amides is 2. The van der Waals surface area contributed by atoms with Crippen LogP contribution in [0.15, 0.2) is 0 Å². The summed E-state index contributed by atoms with van der Waals surface area (Å²) < 4.78 is 1.72. The SMILES string of the molecule is CNC1CCCN(C(=O)C2(NC(=O)c3c(C)nn(C)c3C)CCCC2)C1.Cl. The van der Waals surface area contributed by atoms with Crippen LogP contribution in [0.2, 0.25) is 0 Å². The van der Waals surface area contributed by atoms with E-state index in [4.69, 9.17) is 0 Å². The van der Waals surface area contributed by atoms with E-state index >= 15 is 0 Å². The smallest absolute Gasteiger partial charge is 0.255 e. The van der Waals surface area contributed by atoms with Crippen LogP contribution in [0.3, 0.4) is 0 Å². The van der Waals surface area contributed by atoms with E-state index in [0.29, 0.717) is 17.3 Å². The molecular weight excluding hydrogens is 366 g/mol. The Morgan fingerprint density at radius 3 is 2.41 bits per heavy atom. The topological polar surface area (TPSA) is 79.3 Å². The summed E-state index contributed by atoms with van der Waals surface area (Å²) in [6, 6.07) is 0.338. The van der Waals surface area contributed by atoms with Gasteiger partial charge in [0, 0.05) is 31.9 Å². The lowest BCUT2D eigenvalue weighted by molar-refractivity contribution is -0.139. The predicted octanol–water partition coefficient (Wildman–Crippen LogP) is 1.71. The zero-order valence-electron chi connectivity index (χ0n) is 16.8. The lowest BCUT2D eigenvalue weighted by Crippen LogP contribution is -2.61. The minimum atomic E-state index is -0.762. The highest BCUT2D eigenvalue weighted by Gasteiger charge is 2.46. The van der Waals surface area contributed by atoms with Crippen molar-refractivity contribution in [3.8, 4) is 0 Å². The molecule has 1 atom stereocenters. The van der Waals surface area contributed by atoms with Gasteiger partial charge in [-0.25, -0.2) is 0 Å². The maximum atomic E-state index is 13.4. The van der Waals surface area contributed by atoms with Crippen molar-refractivity contribution in [1.29, 1.82) is 0 Å². The van der Waals surface area contributed by atoms with Crippen molar-refractivity contribution in [2.75, 3.05) is 20.1 Å². The quantitative estimate of drug-likeness (QED) is 0.810. The molecular formula is C19H32ClN5O2. The minimum Gasteiger partial charge on any atom is -0.339 e. The van der Waals surface area contributed by atoms with Gasteiger partial charge in [0.2, 0.25) is 5.91 Å². The van der Waals surface area contributed by atoms with Crippen LogP contribution in [0.25, 0.3) is 0 Å². The van der Waals surface area contributed by atoms with E-state index in [9.17, 15) is 9.59 Å². The maximum Gasteiger partial charge on any atom is 0.255 e. The minimum absolute atomic E-state index is 0. The Labute approximate surface area is 167 Å². The second kappa shape index (κ2) is 8.61. The van der Waals surface area contributed by atoms with Gasteiger partial charge in [0.25, 0.3) is 5.91 Å². The van der Waals surface area contributed by atoms with E-state index in [0.717, 1.165) is 57.3 Å². The number of carbonyl (C=O) groups is 2. The first-order chi connectivity index (χ1) is 12.4. The van der Waals surface area contributed by atoms with Crippen molar-refractivity contribution >= 4 is 24.2 Å². The molecule has 27 heavy (non-hydrogen) atoms. The second-order valence-corrected chi connectivity index (χ2v) is 7.79. The third kappa shape index (κ3) is 4.14. The molecule has 2 amide bonds. The molecule has 1 unspecified atom stereocenters. The van der Waals surface area contributed by atoms with Gasteiger partial charge in [-0.15, -0.1) is 12.4 Å². The summed E-state index contributed by atoms with van der Waals surface area (Å²) in [6.07, 6.45) is 5.48. The molecule has 0 spiro atoms. The molecule has 8 heteroatoms. The summed E-state index contributed by atoms with van der Waals surface area (Å²) in [5.74, 6) is -0.0898. The lowest BCUT2D eigenvalue weighted by atomic mass is 9.92. The Morgan fingerprint density at radius 2 is 1.85 bits per heavy atom. The van der Waals surface area contributed by atoms with Crippen LogP contribution in [0.5, 0.6) is 0 Å². The Morgan fingerprint density at radius 1 is 1.19 bits per heavy atom. The number of carbonyl (C=O) groups excluding carboxylic acids is 2. The molecule has 7 nitrogen and oxygen atoms in total. The average Bonchev–Trinajstić information content (AvgIpc) is 3.19. The third-order valence-corrected chi connectivity index (χ3v) is 6.07.